The third kappa shape index (κ3) is 2.65. The van der Waals surface area contributed by atoms with Crippen LogP contribution in [-0.4, -0.2) is 30.0 Å². The molecule has 0 amide bonds. The Morgan fingerprint density at radius 2 is 2.11 bits per heavy atom. The highest BCUT2D eigenvalue weighted by Crippen LogP contribution is 2.22. The fraction of sp³-hybridized carbons (Fsp3) is 0.533. The van der Waals surface area contributed by atoms with Gasteiger partial charge in [-0.05, 0) is 31.9 Å². The van der Waals surface area contributed by atoms with Crippen molar-refractivity contribution in [1.29, 1.82) is 0 Å². The van der Waals surface area contributed by atoms with E-state index < -0.39 is 0 Å². The molecule has 0 unspecified atom stereocenters. The third-order valence-corrected chi connectivity index (χ3v) is 3.85. The second-order valence-electron chi connectivity index (χ2n) is 5.23. The van der Waals surface area contributed by atoms with Gasteiger partial charge in [-0.1, -0.05) is 18.2 Å². The summed E-state index contributed by atoms with van der Waals surface area (Å²) in [4.78, 5) is 0. The SMILES string of the molecule is CNCc1nn(CC2CCOCC2)c2ccccc12. The van der Waals surface area contributed by atoms with Crippen LogP contribution < -0.4 is 5.32 Å². The lowest BCUT2D eigenvalue weighted by Gasteiger charge is -2.22. The van der Waals surface area contributed by atoms with Crippen LogP contribution in [0, 0.1) is 5.92 Å². The molecule has 4 heteroatoms. The molecule has 0 atom stereocenters. The predicted octanol–water partition coefficient (Wildman–Crippen LogP) is 2.18. The van der Waals surface area contributed by atoms with Crippen LogP contribution in [0.3, 0.4) is 0 Å². The quantitative estimate of drug-likeness (QED) is 0.914. The van der Waals surface area contributed by atoms with E-state index >= 15 is 0 Å². The van der Waals surface area contributed by atoms with Crippen LogP contribution in [0.4, 0.5) is 0 Å². The molecule has 0 radical (unpaired) electrons. The molecular weight excluding hydrogens is 238 g/mol. The Kier molecular flexibility index (Phi) is 3.80. The fourth-order valence-corrected chi connectivity index (χ4v) is 2.81. The Morgan fingerprint density at radius 3 is 2.89 bits per heavy atom. The molecule has 1 fully saturated rings. The first-order chi connectivity index (χ1) is 9.38. The summed E-state index contributed by atoms with van der Waals surface area (Å²) in [6, 6.07) is 8.51. The first-order valence-electron chi connectivity index (χ1n) is 7.05. The number of nitrogens with zero attached hydrogens (tertiary/aromatic N) is 2. The zero-order valence-corrected chi connectivity index (χ0v) is 11.4. The molecule has 4 nitrogen and oxygen atoms in total. The van der Waals surface area contributed by atoms with E-state index in [1.165, 1.54) is 10.9 Å². The van der Waals surface area contributed by atoms with Crippen molar-refractivity contribution in [2.45, 2.75) is 25.9 Å². The van der Waals surface area contributed by atoms with Gasteiger partial charge in [-0.15, -0.1) is 0 Å². The largest absolute Gasteiger partial charge is 0.381 e. The van der Waals surface area contributed by atoms with Crippen molar-refractivity contribution in [2.24, 2.45) is 5.92 Å². The summed E-state index contributed by atoms with van der Waals surface area (Å²) in [6.45, 7) is 3.62. The maximum absolute atomic E-state index is 5.43. The van der Waals surface area contributed by atoms with Gasteiger partial charge in [0.2, 0.25) is 0 Å². The molecule has 1 aliphatic rings. The summed E-state index contributed by atoms with van der Waals surface area (Å²) in [5.74, 6) is 0.694. The van der Waals surface area contributed by atoms with E-state index in [0.717, 1.165) is 44.8 Å². The monoisotopic (exact) mass is 259 g/mol. The number of hydrogen-bond acceptors (Lipinski definition) is 3. The normalized spacial score (nSPS) is 17.1. The number of benzene rings is 1. The molecule has 0 spiro atoms. The molecule has 3 rings (SSSR count). The molecule has 0 bridgehead atoms. The third-order valence-electron chi connectivity index (χ3n) is 3.85. The zero-order chi connectivity index (χ0) is 13.1. The molecule has 1 aliphatic heterocycles. The second-order valence-corrected chi connectivity index (χ2v) is 5.23. The van der Waals surface area contributed by atoms with Gasteiger partial charge in [0.1, 0.15) is 0 Å². The van der Waals surface area contributed by atoms with E-state index in [1.807, 2.05) is 7.05 Å². The van der Waals surface area contributed by atoms with Gasteiger partial charge in [0.15, 0.2) is 0 Å². The highest BCUT2D eigenvalue weighted by atomic mass is 16.5. The number of hydrogen-bond donors (Lipinski definition) is 1. The standard InChI is InChI=1S/C15H21N3O/c1-16-10-14-13-4-2-3-5-15(13)18(17-14)11-12-6-8-19-9-7-12/h2-5,12,16H,6-11H2,1H3. The maximum Gasteiger partial charge on any atom is 0.0841 e. The second kappa shape index (κ2) is 5.72. The first-order valence-corrected chi connectivity index (χ1v) is 7.05. The van der Waals surface area contributed by atoms with Crippen molar-refractivity contribution >= 4 is 10.9 Å². The minimum absolute atomic E-state index is 0.694. The molecule has 1 aromatic carbocycles. The molecule has 1 N–H and O–H groups in total. The summed E-state index contributed by atoms with van der Waals surface area (Å²) >= 11 is 0. The van der Waals surface area contributed by atoms with Gasteiger partial charge < -0.3 is 10.1 Å². The van der Waals surface area contributed by atoms with Crippen LogP contribution in [-0.2, 0) is 17.8 Å². The number of para-hydroxylation sites is 1. The van der Waals surface area contributed by atoms with Crippen molar-refractivity contribution in [3.05, 3.63) is 30.0 Å². The lowest BCUT2D eigenvalue weighted by atomic mass is 10.0. The number of rotatable bonds is 4. The molecule has 19 heavy (non-hydrogen) atoms. The Labute approximate surface area is 113 Å². The van der Waals surface area contributed by atoms with E-state index in [1.54, 1.807) is 0 Å². The number of aromatic nitrogens is 2. The van der Waals surface area contributed by atoms with E-state index in [-0.39, 0.29) is 0 Å². The van der Waals surface area contributed by atoms with Crippen LogP contribution in [0.1, 0.15) is 18.5 Å². The topological polar surface area (TPSA) is 39.1 Å². The van der Waals surface area contributed by atoms with Crippen molar-refractivity contribution in [3.63, 3.8) is 0 Å². The van der Waals surface area contributed by atoms with Crippen molar-refractivity contribution in [3.8, 4) is 0 Å². The van der Waals surface area contributed by atoms with Gasteiger partial charge in [0.25, 0.3) is 0 Å². The predicted molar refractivity (Wildman–Crippen MR) is 76.0 cm³/mol. The summed E-state index contributed by atoms with van der Waals surface area (Å²) in [7, 11) is 1.96. The molecule has 0 aliphatic carbocycles. The van der Waals surface area contributed by atoms with Gasteiger partial charge >= 0.3 is 0 Å². The maximum atomic E-state index is 5.43. The summed E-state index contributed by atoms with van der Waals surface area (Å²) in [5.41, 5.74) is 2.39. The molecule has 1 aromatic heterocycles. The Balaban J connectivity index is 1.89. The minimum Gasteiger partial charge on any atom is -0.381 e. The summed E-state index contributed by atoms with van der Waals surface area (Å²) in [6.07, 6.45) is 2.30. The highest BCUT2D eigenvalue weighted by molar-refractivity contribution is 5.81. The fourth-order valence-electron chi connectivity index (χ4n) is 2.81. The first kappa shape index (κ1) is 12.6. The molecule has 102 valence electrons. The van der Waals surface area contributed by atoms with Gasteiger partial charge in [-0.2, -0.15) is 5.10 Å². The van der Waals surface area contributed by atoms with Gasteiger partial charge in [0, 0.05) is 31.7 Å². The van der Waals surface area contributed by atoms with E-state index in [9.17, 15) is 0 Å². The molecule has 0 saturated carbocycles. The van der Waals surface area contributed by atoms with Crippen LogP contribution in [0.25, 0.3) is 10.9 Å². The highest BCUT2D eigenvalue weighted by Gasteiger charge is 2.17. The molecule has 2 heterocycles. The van der Waals surface area contributed by atoms with E-state index in [2.05, 4.69) is 34.3 Å². The smallest absolute Gasteiger partial charge is 0.0841 e. The average molecular weight is 259 g/mol. The van der Waals surface area contributed by atoms with Crippen LogP contribution >= 0.6 is 0 Å². The van der Waals surface area contributed by atoms with Crippen LogP contribution in [0.2, 0.25) is 0 Å². The zero-order valence-electron chi connectivity index (χ0n) is 11.4. The number of ether oxygens (including phenoxy) is 1. The number of fused-ring (bicyclic) bond motifs is 1. The van der Waals surface area contributed by atoms with Crippen LogP contribution in [0.15, 0.2) is 24.3 Å². The molecule has 1 saturated heterocycles. The molecule has 2 aromatic rings. The van der Waals surface area contributed by atoms with Crippen molar-refractivity contribution in [2.75, 3.05) is 20.3 Å². The van der Waals surface area contributed by atoms with Crippen LogP contribution in [0.5, 0.6) is 0 Å². The minimum atomic E-state index is 0.694. The van der Waals surface area contributed by atoms with Crippen molar-refractivity contribution in [1.82, 2.24) is 15.1 Å². The van der Waals surface area contributed by atoms with E-state index in [4.69, 9.17) is 9.84 Å². The Bertz CT molecular complexity index is 543. The summed E-state index contributed by atoms with van der Waals surface area (Å²) in [5, 5.41) is 9.25. The average Bonchev–Trinajstić information content (AvgIpc) is 2.79. The van der Waals surface area contributed by atoms with Gasteiger partial charge in [-0.25, -0.2) is 0 Å². The van der Waals surface area contributed by atoms with Gasteiger partial charge in [-0.3, -0.25) is 4.68 Å². The van der Waals surface area contributed by atoms with E-state index in [0.29, 0.717) is 5.92 Å². The van der Waals surface area contributed by atoms with Crippen molar-refractivity contribution < 1.29 is 4.74 Å². The Hall–Kier alpha value is -1.39. The Morgan fingerprint density at radius 1 is 1.32 bits per heavy atom. The number of nitrogens with one attached hydrogen (secondary N) is 1. The van der Waals surface area contributed by atoms with Gasteiger partial charge in [0.05, 0.1) is 11.2 Å². The summed E-state index contributed by atoms with van der Waals surface area (Å²) < 4.78 is 7.61. The lowest BCUT2D eigenvalue weighted by molar-refractivity contribution is 0.0605. The lowest BCUT2D eigenvalue weighted by Crippen LogP contribution is -2.21. The molecular formula is C15H21N3O.